The Labute approximate surface area is 115 Å². The lowest BCUT2D eigenvalue weighted by Crippen LogP contribution is -2.06. The first-order chi connectivity index (χ1) is 9.31. The Morgan fingerprint density at radius 3 is 2.63 bits per heavy atom. The molecule has 2 nitrogen and oxygen atoms in total. The summed E-state index contributed by atoms with van der Waals surface area (Å²) in [6.07, 6.45) is 8.60. The van der Waals surface area contributed by atoms with Crippen molar-refractivity contribution in [2.24, 2.45) is 0 Å². The summed E-state index contributed by atoms with van der Waals surface area (Å²) >= 11 is 0. The van der Waals surface area contributed by atoms with Crippen LogP contribution in [0.4, 0.5) is 0 Å². The predicted octanol–water partition coefficient (Wildman–Crippen LogP) is 4.55. The molecule has 0 unspecified atom stereocenters. The average Bonchev–Trinajstić information content (AvgIpc) is 2.48. The number of allylic oxidation sites excluding steroid dienone is 2. The number of rotatable bonds is 6. The number of carbonyl (C=O) groups excluding carboxylic acids is 1. The molecule has 1 aromatic carbocycles. The van der Waals surface area contributed by atoms with Crippen LogP contribution in [0, 0.1) is 0 Å². The second-order valence-electron chi connectivity index (χ2n) is 5.03. The van der Waals surface area contributed by atoms with E-state index < -0.39 is 0 Å². The zero-order valence-corrected chi connectivity index (χ0v) is 11.7. The van der Waals surface area contributed by atoms with Crippen molar-refractivity contribution >= 4 is 5.78 Å². The molecular formula is C17H22O2. The van der Waals surface area contributed by atoms with E-state index in [1.165, 1.54) is 6.42 Å². The van der Waals surface area contributed by atoms with Gasteiger partial charge in [0, 0.05) is 5.56 Å². The fourth-order valence-electron chi connectivity index (χ4n) is 2.27. The zero-order chi connectivity index (χ0) is 13.5. The van der Waals surface area contributed by atoms with Crippen LogP contribution < -0.4 is 4.74 Å². The smallest absolute Gasteiger partial charge is 0.188 e. The third kappa shape index (κ3) is 3.95. The summed E-state index contributed by atoms with van der Waals surface area (Å²) < 4.78 is 5.60. The summed E-state index contributed by atoms with van der Waals surface area (Å²) in [5.41, 5.74) is 1.75. The molecule has 0 spiro atoms. The summed E-state index contributed by atoms with van der Waals surface area (Å²) in [6, 6.07) is 7.54. The number of carbonyl (C=O) groups is 1. The van der Waals surface area contributed by atoms with Crippen molar-refractivity contribution < 1.29 is 9.53 Å². The molecule has 1 aliphatic carbocycles. The van der Waals surface area contributed by atoms with E-state index in [0.29, 0.717) is 0 Å². The molecule has 0 N–H and O–H groups in total. The molecule has 0 bridgehead atoms. The lowest BCUT2D eigenvalue weighted by molar-refractivity contribution is 0.102. The van der Waals surface area contributed by atoms with Crippen molar-refractivity contribution in [3.63, 3.8) is 0 Å². The van der Waals surface area contributed by atoms with Crippen LogP contribution in [-0.2, 0) is 0 Å². The molecule has 19 heavy (non-hydrogen) atoms. The van der Waals surface area contributed by atoms with Crippen LogP contribution in [0.2, 0.25) is 0 Å². The van der Waals surface area contributed by atoms with Crippen molar-refractivity contribution in [2.45, 2.75) is 45.4 Å². The van der Waals surface area contributed by atoms with Gasteiger partial charge in [-0.25, -0.2) is 0 Å². The van der Waals surface area contributed by atoms with Crippen molar-refractivity contribution in [3.05, 3.63) is 41.5 Å². The van der Waals surface area contributed by atoms with Crippen molar-refractivity contribution in [2.75, 3.05) is 6.61 Å². The van der Waals surface area contributed by atoms with E-state index >= 15 is 0 Å². The average molecular weight is 258 g/mol. The molecule has 2 rings (SSSR count). The number of benzene rings is 1. The Morgan fingerprint density at radius 2 is 2.00 bits per heavy atom. The summed E-state index contributed by atoms with van der Waals surface area (Å²) in [6.45, 7) is 2.89. The highest BCUT2D eigenvalue weighted by Crippen LogP contribution is 2.22. The zero-order valence-electron chi connectivity index (χ0n) is 11.7. The van der Waals surface area contributed by atoms with Crippen molar-refractivity contribution in [1.82, 2.24) is 0 Å². The molecule has 0 atom stereocenters. The minimum Gasteiger partial charge on any atom is -0.494 e. The van der Waals surface area contributed by atoms with Crippen molar-refractivity contribution in [1.29, 1.82) is 0 Å². The fourth-order valence-corrected chi connectivity index (χ4v) is 2.27. The monoisotopic (exact) mass is 258 g/mol. The molecule has 0 aromatic heterocycles. The standard InChI is InChI=1S/C17H22O2/c1-2-3-13-19-16-11-9-15(10-12-16)17(18)14-7-5-4-6-8-14/h7,9-12H,2-6,8,13H2,1H3. The lowest BCUT2D eigenvalue weighted by Gasteiger charge is -2.12. The Hall–Kier alpha value is -1.57. The second kappa shape index (κ2) is 7.13. The predicted molar refractivity (Wildman–Crippen MR) is 77.7 cm³/mol. The van der Waals surface area contributed by atoms with E-state index in [9.17, 15) is 4.79 Å². The van der Waals surface area contributed by atoms with Gasteiger partial charge in [0.05, 0.1) is 6.61 Å². The van der Waals surface area contributed by atoms with E-state index in [0.717, 1.165) is 55.6 Å². The van der Waals surface area contributed by atoms with Gasteiger partial charge in [-0.3, -0.25) is 4.79 Å². The Bertz CT molecular complexity index is 443. The van der Waals surface area contributed by atoms with Crippen molar-refractivity contribution in [3.8, 4) is 5.75 Å². The van der Waals surface area contributed by atoms with Gasteiger partial charge in [-0.15, -0.1) is 0 Å². The molecule has 0 heterocycles. The Kier molecular flexibility index (Phi) is 5.20. The molecule has 0 amide bonds. The van der Waals surface area contributed by atoms with Crippen LogP contribution in [0.5, 0.6) is 5.75 Å². The normalized spacial score (nSPS) is 14.9. The van der Waals surface area contributed by atoms with Gasteiger partial charge >= 0.3 is 0 Å². The van der Waals surface area contributed by atoms with Gasteiger partial charge in [0.2, 0.25) is 0 Å². The molecule has 1 aromatic rings. The topological polar surface area (TPSA) is 26.3 Å². The third-order valence-corrected chi connectivity index (χ3v) is 3.47. The molecule has 0 fully saturated rings. The number of unbranched alkanes of at least 4 members (excludes halogenated alkanes) is 1. The molecule has 1 aliphatic rings. The van der Waals surface area contributed by atoms with Crippen LogP contribution in [-0.4, -0.2) is 12.4 Å². The molecule has 0 saturated heterocycles. The van der Waals surface area contributed by atoms with E-state index in [2.05, 4.69) is 13.0 Å². The molecule has 102 valence electrons. The summed E-state index contributed by atoms with van der Waals surface area (Å²) in [7, 11) is 0. The van der Waals surface area contributed by atoms with Gasteiger partial charge in [0.25, 0.3) is 0 Å². The first-order valence-electron chi connectivity index (χ1n) is 7.28. The van der Waals surface area contributed by atoms with Gasteiger partial charge in [-0.1, -0.05) is 19.4 Å². The molecular weight excluding hydrogens is 236 g/mol. The van der Waals surface area contributed by atoms with Crippen LogP contribution >= 0.6 is 0 Å². The Balaban J connectivity index is 1.97. The summed E-state index contributed by atoms with van der Waals surface area (Å²) in [5.74, 6) is 1.03. The van der Waals surface area contributed by atoms with E-state index in [1.807, 2.05) is 24.3 Å². The van der Waals surface area contributed by atoms with Crippen LogP contribution in [0.1, 0.15) is 55.8 Å². The van der Waals surface area contributed by atoms with Gasteiger partial charge in [-0.05, 0) is 61.9 Å². The summed E-state index contributed by atoms with van der Waals surface area (Å²) in [4.78, 5) is 12.3. The quantitative estimate of drug-likeness (QED) is 0.552. The number of Topliss-reactive ketones (excluding diaryl/α,β-unsaturated/α-hetero) is 1. The minimum atomic E-state index is 0.180. The van der Waals surface area contributed by atoms with E-state index in [-0.39, 0.29) is 5.78 Å². The first-order valence-corrected chi connectivity index (χ1v) is 7.28. The molecule has 2 heteroatoms. The van der Waals surface area contributed by atoms with Crippen LogP contribution in [0.3, 0.4) is 0 Å². The number of hydrogen-bond acceptors (Lipinski definition) is 2. The highest BCUT2D eigenvalue weighted by molar-refractivity contribution is 6.08. The minimum absolute atomic E-state index is 0.180. The fraction of sp³-hybridized carbons (Fsp3) is 0.471. The maximum Gasteiger partial charge on any atom is 0.188 e. The molecule has 0 saturated carbocycles. The van der Waals surface area contributed by atoms with Crippen LogP contribution in [0.15, 0.2) is 35.9 Å². The number of ether oxygens (including phenoxy) is 1. The van der Waals surface area contributed by atoms with Crippen LogP contribution in [0.25, 0.3) is 0 Å². The SMILES string of the molecule is CCCCOc1ccc(C(=O)C2=CCCCC2)cc1. The molecule has 0 aliphatic heterocycles. The second-order valence-corrected chi connectivity index (χ2v) is 5.03. The first kappa shape index (κ1) is 13.9. The maximum atomic E-state index is 12.3. The van der Waals surface area contributed by atoms with Gasteiger partial charge in [0.15, 0.2) is 5.78 Å². The van der Waals surface area contributed by atoms with Gasteiger partial charge in [-0.2, -0.15) is 0 Å². The molecule has 0 radical (unpaired) electrons. The number of ketones is 1. The van der Waals surface area contributed by atoms with E-state index in [1.54, 1.807) is 0 Å². The largest absolute Gasteiger partial charge is 0.494 e. The van der Waals surface area contributed by atoms with Gasteiger partial charge in [0.1, 0.15) is 5.75 Å². The highest BCUT2D eigenvalue weighted by Gasteiger charge is 2.14. The third-order valence-electron chi connectivity index (χ3n) is 3.47. The Morgan fingerprint density at radius 1 is 1.21 bits per heavy atom. The lowest BCUT2D eigenvalue weighted by atomic mass is 9.93. The summed E-state index contributed by atoms with van der Waals surface area (Å²) in [5, 5.41) is 0. The number of hydrogen-bond donors (Lipinski definition) is 0. The highest BCUT2D eigenvalue weighted by atomic mass is 16.5. The van der Waals surface area contributed by atoms with Gasteiger partial charge < -0.3 is 4.74 Å². The maximum absolute atomic E-state index is 12.3. The van der Waals surface area contributed by atoms with E-state index in [4.69, 9.17) is 4.74 Å².